The van der Waals surface area contributed by atoms with Crippen LogP contribution in [0.5, 0.6) is 5.75 Å². The second-order valence-corrected chi connectivity index (χ2v) is 4.20. The van der Waals surface area contributed by atoms with Crippen molar-refractivity contribution in [2.24, 2.45) is 0 Å². The molecule has 1 atom stereocenters. The van der Waals surface area contributed by atoms with E-state index in [0.717, 1.165) is 22.2 Å². The first kappa shape index (κ1) is 12.3. The summed E-state index contributed by atoms with van der Waals surface area (Å²) in [5.41, 5.74) is 0.808. The number of halogens is 1. The highest BCUT2D eigenvalue weighted by Gasteiger charge is 2.09. The predicted octanol–water partition coefficient (Wildman–Crippen LogP) is 3.46. The third-order valence-electron chi connectivity index (χ3n) is 2.01. The Balaban J connectivity index is 2.82. The molecule has 1 unspecified atom stereocenters. The Kier molecular flexibility index (Phi) is 4.85. The molecule has 15 heavy (non-hydrogen) atoms. The molecule has 1 aromatic carbocycles. The molecular weight excluding hydrogens is 256 g/mol. The van der Waals surface area contributed by atoms with E-state index in [2.05, 4.69) is 22.5 Å². The lowest BCUT2D eigenvalue weighted by atomic mass is 10.1. The van der Waals surface area contributed by atoms with Crippen LogP contribution < -0.4 is 4.74 Å². The number of aliphatic hydroxyl groups is 1. The minimum atomic E-state index is -0.517. The van der Waals surface area contributed by atoms with Gasteiger partial charge in [0.2, 0.25) is 0 Å². The molecule has 0 saturated heterocycles. The van der Waals surface area contributed by atoms with Crippen LogP contribution in [0.15, 0.2) is 35.3 Å². The van der Waals surface area contributed by atoms with Gasteiger partial charge >= 0.3 is 0 Å². The number of hydrogen-bond donors (Lipinski definition) is 1. The Morgan fingerprint density at radius 3 is 2.93 bits per heavy atom. The lowest BCUT2D eigenvalue weighted by Crippen LogP contribution is -2.01. The molecule has 1 rings (SSSR count). The van der Waals surface area contributed by atoms with Crippen LogP contribution in [0, 0.1) is 0 Å². The predicted molar refractivity (Wildman–Crippen MR) is 65.1 cm³/mol. The van der Waals surface area contributed by atoms with Crippen molar-refractivity contribution >= 4 is 15.9 Å². The minimum absolute atomic E-state index is 0.517. The maximum Gasteiger partial charge on any atom is 0.126 e. The summed E-state index contributed by atoms with van der Waals surface area (Å²) in [7, 11) is 0. The minimum Gasteiger partial charge on any atom is -0.493 e. The summed E-state index contributed by atoms with van der Waals surface area (Å²) in [5, 5.41) is 9.54. The molecule has 3 heteroatoms. The van der Waals surface area contributed by atoms with Gasteiger partial charge in [-0.2, -0.15) is 0 Å². The number of hydrogen-bond acceptors (Lipinski definition) is 2. The molecule has 0 heterocycles. The van der Waals surface area contributed by atoms with Crippen molar-refractivity contribution in [1.82, 2.24) is 0 Å². The highest BCUT2D eigenvalue weighted by atomic mass is 79.9. The first-order chi connectivity index (χ1) is 7.15. The van der Waals surface area contributed by atoms with Crippen LogP contribution in [0.2, 0.25) is 0 Å². The van der Waals surface area contributed by atoms with E-state index in [1.54, 1.807) is 13.0 Å². The van der Waals surface area contributed by atoms with Crippen LogP contribution in [0.1, 0.15) is 25.0 Å². The van der Waals surface area contributed by atoms with E-state index in [0.29, 0.717) is 6.61 Å². The van der Waals surface area contributed by atoms with Crippen LogP contribution in [-0.4, -0.2) is 11.7 Å². The van der Waals surface area contributed by atoms with Gasteiger partial charge in [-0.15, -0.1) is 6.58 Å². The van der Waals surface area contributed by atoms with E-state index in [4.69, 9.17) is 4.74 Å². The highest BCUT2D eigenvalue weighted by molar-refractivity contribution is 9.10. The zero-order valence-corrected chi connectivity index (χ0v) is 10.3. The van der Waals surface area contributed by atoms with Gasteiger partial charge in [0.05, 0.1) is 12.7 Å². The average Bonchev–Trinajstić information content (AvgIpc) is 2.18. The molecule has 0 bridgehead atoms. The third kappa shape index (κ3) is 3.68. The monoisotopic (exact) mass is 270 g/mol. The lowest BCUT2D eigenvalue weighted by molar-refractivity contribution is 0.191. The third-order valence-corrected chi connectivity index (χ3v) is 2.50. The largest absolute Gasteiger partial charge is 0.493 e. The van der Waals surface area contributed by atoms with Gasteiger partial charge in [-0.25, -0.2) is 0 Å². The standard InChI is InChI=1S/C12H15BrO2/c1-3-4-7-15-12-8-10(13)5-6-11(12)9(2)14/h3,5-6,8-9,14H,1,4,7H2,2H3. The van der Waals surface area contributed by atoms with Gasteiger partial charge in [0.1, 0.15) is 5.75 Å². The van der Waals surface area contributed by atoms with E-state index in [1.165, 1.54) is 0 Å². The quantitative estimate of drug-likeness (QED) is 0.656. The van der Waals surface area contributed by atoms with E-state index in [9.17, 15) is 5.11 Å². The fourth-order valence-corrected chi connectivity index (χ4v) is 1.57. The van der Waals surface area contributed by atoms with E-state index < -0.39 is 6.10 Å². The van der Waals surface area contributed by atoms with Crippen molar-refractivity contribution in [1.29, 1.82) is 0 Å². The smallest absolute Gasteiger partial charge is 0.126 e. The molecule has 2 nitrogen and oxygen atoms in total. The molecule has 0 saturated carbocycles. The summed E-state index contributed by atoms with van der Waals surface area (Å²) >= 11 is 3.37. The Morgan fingerprint density at radius 2 is 2.33 bits per heavy atom. The number of aliphatic hydroxyl groups excluding tert-OH is 1. The van der Waals surface area contributed by atoms with Crippen LogP contribution in [-0.2, 0) is 0 Å². The molecule has 82 valence electrons. The summed E-state index contributed by atoms with van der Waals surface area (Å²) in [5.74, 6) is 0.723. The summed E-state index contributed by atoms with van der Waals surface area (Å²) in [6.07, 6.45) is 2.09. The average molecular weight is 271 g/mol. The highest BCUT2D eigenvalue weighted by Crippen LogP contribution is 2.28. The second kappa shape index (κ2) is 5.93. The van der Waals surface area contributed by atoms with Crippen LogP contribution in [0.3, 0.4) is 0 Å². The molecule has 0 aliphatic rings. The van der Waals surface area contributed by atoms with E-state index >= 15 is 0 Å². The summed E-state index contributed by atoms with van der Waals surface area (Å²) < 4.78 is 6.50. The zero-order chi connectivity index (χ0) is 11.3. The van der Waals surface area contributed by atoms with Crippen LogP contribution >= 0.6 is 15.9 Å². The van der Waals surface area contributed by atoms with Gasteiger partial charge in [-0.3, -0.25) is 0 Å². The van der Waals surface area contributed by atoms with Crippen molar-refractivity contribution in [2.75, 3.05) is 6.61 Å². The topological polar surface area (TPSA) is 29.5 Å². The Morgan fingerprint density at radius 1 is 1.60 bits per heavy atom. The van der Waals surface area contributed by atoms with Crippen molar-refractivity contribution in [3.63, 3.8) is 0 Å². The molecule has 0 fully saturated rings. The van der Waals surface area contributed by atoms with Crippen molar-refractivity contribution in [3.8, 4) is 5.75 Å². The maximum atomic E-state index is 9.54. The SMILES string of the molecule is C=CCCOc1cc(Br)ccc1C(C)O. The number of rotatable bonds is 5. The van der Waals surface area contributed by atoms with Gasteiger partial charge < -0.3 is 9.84 Å². The molecule has 0 aromatic heterocycles. The molecule has 1 N–H and O–H groups in total. The normalized spacial score (nSPS) is 12.2. The molecule has 0 aliphatic heterocycles. The summed E-state index contributed by atoms with van der Waals surface area (Å²) in [4.78, 5) is 0. The number of ether oxygens (including phenoxy) is 1. The molecule has 1 aromatic rings. The van der Waals surface area contributed by atoms with E-state index in [-0.39, 0.29) is 0 Å². The van der Waals surface area contributed by atoms with Crippen LogP contribution in [0.4, 0.5) is 0 Å². The van der Waals surface area contributed by atoms with Crippen molar-refractivity contribution < 1.29 is 9.84 Å². The van der Waals surface area contributed by atoms with Gasteiger partial charge in [-0.05, 0) is 25.5 Å². The second-order valence-electron chi connectivity index (χ2n) is 3.28. The zero-order valence-electron chi connectivity index (χ0n) is 8.74. The molecule has 0 amide bonds. The molecule has 0 aliphatic carbocycles. The summed E-state index contributed by atoms with van der Waals surface area (Å²) in [6, 6.07) is 5.62. The summed E-state index contributed by atoms with van der Waals surface area (Å²) in [6.45, 7) is 5.94. The van der Waals surface area contributed by atoms with Gasteiger partial charge in [0, 0.05) is 10.0 Å². The van der Waals surface area contributed by atoms with Gasteiger partial charge in [0.15, 0.2) is 0 Å². The fourth-order valence-electron chi connectivity index (χ4n) is 1.23. The molecule has 0 radical (unpaired) electrons. The Bertz CT molecular complexity index is 334. The van der Waals surface area contributed by atoms with Crippen LogP contribution in [0.25, 0.3) is 0 Å². The Labute approximate surface area is 98.7 Å². The Hall–Kier alpha value is -0.800. The maximum absolute atomic E-state index is 9.54. The van der Waals surface area contributed by atoms with Gasteiger partial charge in [-0.1, -0.05) is 28.1 Å². The fraction of sp³-hybridized carbons (Fsp3) is 0.333. The van der Waals surface area contributed by atoms with Crippen molar-refractivity contribution in [3.05, 3.63) is 40.9 Å². The van der Waals surface area contributed by atoms with Gasteiger partial charge in [0.25, 0.3) is 0 Å². The first-order valence-electron chi connectivity index (χ1n) is 4.86. The number of benzene rings is 1. The molecular formula is C12H15BrO2. The lowest BCUT2D eigenvalue weighted by Gasteiger charge is -2.13. The van der Waals surface area contributed by atoms with E-state index in [1.807, 2.05) is 18.2 Å². The van der Waals surface area contributed by atoms with Crippen molar-refractivity contribution in [2.45, 2.75) is 19.4 Å². The molecule has 0 spiro atoms. The first-order valence-corrected chi connectivity index (χ1v) is 5.65.